The van der Waals surface area contributed by atoms with Crippen molar-refractivity contribution in [3.8, 4) is 0 Å². The lowest BCUT2D eigenvalue weighted by molar-refractivity contribution is -0.139. The summed E-state index contributed by atoms with van der Waals surface area (Å²) in [7, 11) is 0. The average molecular weight is 281 g/mol. The molecule has 21 heavy (non-hydrogen) atoms. The van der Waals surface area contributed by atoms with Crippen LogP contribution in [-0.4, -0.2) is 23.7 Å². The van der Waals surface area contributed by atoms with Gasteiger partial charge >= 0.3 is 5.97 Å². The number of aliphatic carboxylic acids is 1. The van der Waals surface area contributed by atoms with Gasteiger partial charge in [0.1, 0.15) is 6.04 Å². The van der Waals surface area contributed by atoms with E-state index in [1.165, 1.54) is 0 Å². The molecule has 3 heteroatoms. The van der Waals surface area contributed by atoms with Crippen LogP contribution in [0.15, 0.2) is 73.3 Å². The van der Waals surface area contributed by atoms with Crippen LogP contribution in [0.3, 0.4) is 0 Å². The van der Waals surface area contributed by atoms with Gasteiger partial charge in [-0.25, -0.2) is 0 Å². The molecule has 0 aliphatic heterocycles. The van der Waals surface area contributed by atoms with E-state index in [1.807, 2.05) is 60.7 Å². The number of nitrogens with one attached hydrogen (secondary N) is 1. The van der Waals surface area contributed by atoms with Gasteiger partial charge in [-0.15, -0.1) is 6.58 Å². The zero-order valence-electron chi connectivity index (χ0n) is 11.8. The summed E-state index contributed by atoms with van der Waals surface area (Å²) in [6, 6.07) is 18.7. The summed E-state index contributed by atoms with van der Waals surface area (Å²) in [6.07, 6.45) is 1.67. The molecular weight excluding hydrogens is 262 g/mol. The Morgan fingerprint density at radius 2 is 1.52 bits per heavy atom. The Morgan fingerprint density at radius 3 is 1.90 bits per heavy atom. The van der Waals surface area contributed by atoms with Gasteiger partial charge in [0, 0.05) is 12.5 Å². The standard InChI is InChI=1S/C18H19NO2/c1-2-13-19-17(18(20)21)16(14-9-5-3-6-10-14)15-11-7-4-8-12-15/h2-12,16-17,19H,1,13H2,(H,20,21). The molecule has 0 aliphatic carbocycles. The minimum absolute atomic E-state index is 0.246. The van der Waals surface area contributed by atoms with Gasteiger partial charge in [0.25, 0.3) is 0 Å². The van der Waals surface area contributed by atoms with Crippen molar-refractivity contribution >= 4 is 5.97 Å². The zero-order valence-corrected chi connectivity index (χ0v) is 11.8. The number of carboxylic acid groups (broad SMARTS) is 1. The van der Waals surface area contributed by atoms with Gasteiger partial charge in [-0.1, -0.05) is 66.7 Å². The first-order valence-electron chi connectivity index (χ1n) is 6.91. The molecule has 0 radical (unpaired) electrons. The van der Waals surface area contributed by atoms with E-state index in [1.54, 1.807) is 6.08 Å². The van der Waals surface area contributed by atoms with Crippen LogP contribution >= 0.6 is 0 Å². The van der Waals surface area contributed by atoms with E-state index >= 15 is 0 Å². The molecule has 0 bridgehead atoms. The molecule has 2 aromatic rings. The largest absolute Gasteiger partial charge is 0.480 e. The maximum Gasteiger partial charge on any atom is 0.321 e. The molecule has 2 aromatic carbocycles. The Bertz CT molecular complexity index is 541. The van der Waals surface area contributed by atoms with E-state index in [-0.39, 0.29) is 5.92 Å². The fourth-order valence-corrected chi connectivity index (χ4v) is 2.46. The second-order valence-electron chi connectivity index (χ2n) is 4.81. The highest BCUT2D eigenvalue weighted by molar-refractivity contribution is 5.76. The molecule has 2 rings (SSSR count). The van der Waals surface area contributed by atoms with Crippen molar-refractivity contribution in [2.24, 2.45) is 0 Å². The van der Waals surface area contributed by atoms with Crippen molar-refractivity contribution in [3.05, 3.63) is 84.4 Å². The topological polar surface area (TPSA) is 49.3 Å². The predicted octanol–water partition coefficient (Wildman–Crippen LogP) is 3.05. The van der Waals surface area contributed by atoms with Crippen molar-refractivity contribution in [2.75, 3.05) is 6.54 Å². The molecule has 0 heterocycles. The van der Waals surface area contributed by atoms with Gasteiger partial charge in [-0.05, 0) is 11.1 Å². The lowest BCUT2D eigenvalue weighted by Gasteiger charge is -2.25. The Labute approximate surface area is 124 Å². The number of carbonyl (C=O) groups is 1. The van der Waals surface area contributed by atoms with Crippen LogP contribution in [0.25, 0.3) is 0 Å². The molecule has 0 spiro atoms. The molecule has 0 saturated heterocycles. The maximum absolute atomic E-state index is 11.7. The van der Waals surface area contributed by atoms with E-state index in [9.17, 15) is 9.90 Å². The quantitative estimate of drug-likeness (QED) is 0.767. The zero-order chi connectivity index (χ0) is 15.1. The summed E-state index contributed by atoms with van der Waals surface area (Å²) >= 11 is 0. The minimum Gasteiger partial charge on any atom is -0.480 e. The lowest BCUT2D eigenvalue weighted by Crippen LogP contribution is -2.42. The Hall–Kier alpha value is -2.39. The highest BCUT2D eigenvalue weighted by atomic mass is 16.4. The van der Waals surface area contributed by atoms with Crippen LogP contribution in [0.5, 0.6) is 0 Å². The monoisotopic (exact) mass is 281 g/mol. The summed E-state index contributed by atoms with van der Waals surface area (Å²) in [5, 5.41) is 12.6. The van der Waals surface area contributed by atoms with Gasteiger partial charge in [0.15, 0.2) is 0 Å². The molecule has 0 amide bonds. The molecule has 1 unspecified atom stereocenters. The molecule has 0 aromatic heterocycles. The molecular formula is C18H19NO2. The summed E-state index contributed by atoms with van der Waals surface area (Å²) in [5.74, 6) is -1.11. The van der Waals surface area contributed by atoms with E-state index < -0.39 is 12.0 Å². The number of benzene rings is 2. The third-order valence-electron chi connectivity index (χ3n) is 3.40. The molecule has 3 nitrogen and oxygen atoms in total. The predicted molar refractivity (Wildman–Crippen MR) is 84.4 cm³/mol. The number of hydrogen-bond acceptors (Lipinski definition) is 2. The normalized spacial score (nSPS) is 12.0. The summed E-state index contributed by atoms with van der Waals surface area (Å²) in [4.78, 5) is 11.7. The summed E-state index contributed by atoms with van der Waals surface area (Å²) < 4.78 is 0. The fourth-order valence-electron chi connectivity index (χ4n) is 2.46. The summed E-state index contributed by atoms with van der Waals surface area (Å²) in [6.45, 7) is 4.09. The van der Waals surface area contributed by atoms with Crippen LogP contribution in [0.4, 0.5) is 0 Å². The maximum atomic E-state index is 11.7. The van der Waals surface area contributed by atoms with Crippen molar-refractivity contribution in [3.63, 3.8) is 0 Å². The number of rotatable bonds is 7. The lowest BCUT2D eigenvalue weighted by atomic mass is 9.85. The van der Waals surface area contributed by atoms with Crippen LogP contribution in [0.1, 0.15) is 17.0 Å². The van der Waals surface area contributed by atoms with E-state index in [4.69, 9.17) is 0 Å². The van der Waals surface area contributed by atoms with Crippen molar-refractivity contribution in [1.82, 2.24) is 5.32 Å². The SMILES string of the molecule is C=CCNC(C(=O)O)C(c1ccccc1)c1ccccc1. The molecule has 108 valence electrons. The van der Waals surface area contributed by atoms with Gasteiger partial charge in [0.05, 0.1) is 0 Å². The first-order valence-corrected chi connectivity index (χ1v) is 6.91. The third kappa shape index (κ3) is 3.80. The van der Waals surface area contributed by atoms with E-state index in [0.717, 1.165) is 11.1 Å². The van der Waals surface area contributed by atoms with E-state index in [2.05, 4.69) is 11.9 Å². The van der Waals surface area contributed by atoms with Crippen LogP contribution in [0, 0.1) is 0 Å². The van der Waals surface area contributed by atoms with Crippen molar-refractivity contribution in [1.29, 1.82) is 0 Å². The van der Waals surface area contributed by atoms with Crippen LogP contribution in [0.2, 0.25) is 0 Å². The van der Waals surface area contributed by atoms with E-state index in [0.29, 0.717) is 6.54 Å². The van der Waals surface area contributed by atoms with Crippen LogP contribution in [-0.2, 0) is 4.79 Å². The number of carboxylic acids is 1. The number of hydrogen-bond donors (Lipinski definition) is 2. The van der Waals surface area contributed by atoms with Gasteiger partial charge in [-0.2, -0.15) is 0 Å². The highest BCUT2D eigenvalue weighted by Gasteiger charge is 2.29. The Kier molecular flexibility index (Phi) is 5.29. The van der Waals surface area contributed by atoms with Crippen molar-refractivity contribution in [2.45, 2.75) is 12.0 Å². The smallest absolute Gasteiger partial charge is 0.321 e. The second kappa shape index (κ2) is 7.41. The van der Waals surface area contributed by atoms with Gasteiger partial charge in [0.2, 0.25) is 0 Å². The first-order chi connectivity index (χ1) is 10.2. The summed E-state index contributed by atoms with van der Waals surface area (Å²) in [5.41, 5.74) is 1.96. The first kappa shape index (κ1) is 15.0. The molecule has 2 N–H and O–H groups in total. The molecule has 1 atom stereocenters. The van der Waals surface area contributed by atoms with Crippen molar-refractivity contribution < 1.29 is 9.90 Å². The molecule has 0 aliphatic rings. The molecule has 0 saturated carbocycles. The average Bonchev–Trinajstić information content (AvgIpc) is 2.53. The Balaban J connectivity index is 2.44. The minimum atomic E-state index is -0.866. The Morgan fingerprint density at radius 1 is 1.05 bits per heavy atom. The van der Waals surface area contributed by atoms with Crippen LogP contribution < -0.4 is 5.32 Å². The third-order valence-corrected chi connectivity index (χ3v) is 3.40. The second-order valence-corrected chi connectivity index (χ2v) is 4.81. The molecule has 0 fully saturated rings. The van der Waals surface area contributed by atoms with Gasteiger partial charge < -0.3 is 10.4 Å². The van der Waals surface area contributed by atoms with Gasteiger partial charge in [-0.3, -0.25) is 4.79 Å². The fraction of sp³-hybridized carbons (Fsp3) is 0.167. The highest BCUT2D eigenvalue weighted by Crippen LogP contribution is 2.28.